The van der Waals surface area contributed by atoms with Crippen LogP contribution in [0.4, 0.5) is 0 Å². The van der Waals surface area contributed by atoms with Gasteiger partial charge in [-0.3, -0.25) is 4.79 Å². The predicted octanol–water partition coefficient (Wildman–Crippen LogP) is 3.55. The lowest BCUT2D eigenvalue weighted by atomic mass is 9.99. The van der Waals surface area contributed by atoms with Crippen molar-refractivity contribution < 1.29 is 34.1 Å². The van der Waals surface area contributed by atoms with Crippen LogP contribution < -0.4 is 5.32 Å². The van der Waals surface area contributed by atoms with Crippen LogP contribution in [0, 0.1) is 0 Å². The number of carbonyl (C=O) groups is 2. The molecule has 2 aliphatic heterocycles. The third-order valence-corrected chi connectivity index (χ3v) is 6.60. The van der Waals surface area contributed by atoms with E-state index in [0.717, 1.165) is 31.7 Å². The fourth-order valence-electron chi connectivity index (χ4n) is 4.37. The Bertz CT molecular complexity index is 1060. The first-order valence-corrected chi connectivity index (χ1v) is 12.1. The standard InChI is InChI=1S/C25H29ClN2O7/c1-14-10-21-20(35-21)9-5-4-8-16(28-33-13-22(31)27-15-6-2-3-7-15)11-17-23(25(32)34-14)18(29)12-19(30)24(17)26/h4-5,8-9,12,14-15,20-21,29-30H,2-3,6-7,10-11,13H2,1H3,(H,27,31)/b8-4+,9-5+,28-16+/t14-,20-,21-/m1/s1. The van der Waals surface area contributed by atoms with Crippen molar-refractivity contribution in [3.63, 3.8) is 0 Å². The van der Waals surface area contributed by atoms with E-state index in [1.165, 1.54) is 0 Å². The number of hydrogen-bond donors (Lipinski definition) is 3. The normalized spacial score (nSPS) is 27.8. The highest BCUT2D eigenvalue weighted by atomic mass is 35.5. The second-order valence-corrected chi connectivity index (χ2v) is 9.38. The number of phenols is 2. The van der Waals surface area contributed by atoms with E-state index in [9.17, 15) is 19.8 Å². The highest BCUT2D eigenvalue weighted by Crippen LogP contribution is 2.38. The first-order chi connectivity index (χ1) is 16.8. The molecule has 10 heteroatoms. The molecular weight excluding hydrogens is 476 g/mol. The second kappa shape index (κ2) is 11.1. The maximum atomic E-state index is 12.9. The molecule has 1 saturated heterocycles. The van der Waals surface area contributed by atoms with Crippen LogP contribution in [-0.4, -0.2) is 58.8 Å². The number of epoxide rings is 1. The molecule has 3 aliphatic rings. The summed E-state index contributed by atoms with van der Waals surface area (Å²) in [5.74, 6) is -1.91. The van der Waals surface area contributed by atoms with Gasteiger partial charge < -0.3 is 29.8 Å². The summed E-state index contributed by atoms with van der Waals surface area (Å²) < 4.78 is 11.1. The summed E-state index contributed by atoms with van der Waals surface area (Å²) in [7, 11) is 0. The molecule has 0 unspecified atom stereocenters. The van der Waals surface area contributed by atoms with Gasteiger partial charge in [-0.1, -0.05) is 47.8 Å². The Morgan fingerprint density at radius 1 is 1.26 bits per heavy atom. The molecule has 2 heterocycles. The van der Waals surface area contributed by atoms with Crippen molar-refractivity contribution in [3.8, 4) is 11.5 Å². The summed E-state index contributed by atoms with van der Waals surface area (Å²) in [6.45, 7) is 1.47. The number of carbonyl (C=O) groups excluding carboxylic acids is 2. The van der Waals surface area contributed by atoms with Crippen LogP contribution >= 0.6 is 11.6 Å². The monoisotopic (exact) mass is 504 g/mol. The van der Waals surface area contributed by atoms with Crippen LogP contribution in [0.2, 0.25) is 5.02 Å². The Balaban J connectivity index is 1.59. The molecule has 1 aromatic rings. The van der Waals surface area contributed by atoms with Crippen molar-refractivity contribution in [2.75, 3.05) is 6.61 Å². The van der Waals surface area contributed by atoms with Gasteiger partial charge in [-0.25, -0.2) is 4.79 Å². The molecule has 0 radical (unpaired) electrons. The van der Waals surface area contributed by atoms with Gasteiger partial charge in [0.2, 0.25) is 0 Å². The van der Waals surface area contributed by atoms with Crippen LogP contribution in [0.5, 0.6) is 11.5 Å². The topological polar surface area (TPSA) is 130 Å². The van der Waals surface area contributed by atoms with Gasteiger partial charge in [0.05, 0.1) is 16.8 Å². The molecule has 3 atom stereocenters. The molecule has 1 amide bonds. The number of amides is 1. The average molecular weight is 505 g/mol. The molecule has 1 saturated carbocycles. The summed E-state index contributed by atoms with van der Waals surface area (Å²) in [4.78, 5) is 30.4. The smallest absolute Gasteiger partial charge is 0.342 e. The summed E-state index contributed by atoms with van der Waals surface area (Å²) >= 11 is 6.32. The number of rotatable bonds is 4. The van der Waals surface area contributed by atoms with Gasteiger partial charge in [0, 0.05) is 24.9 Å². The maximum Gasteiger partial charge on any atom is 0.342 e. The number of oxime groups is 1. The van der Waals surface area contributed by atoms with E-state index in [0.29, 0.717) is 12.1 Å². The van der Waals surface area contributed by atoms with Crippen molar-refractivity contribution >= 4 is 29.2 Å². The van der Waals surface area contributed by atoms with Crippen molar-refractivity contribution in [3.05, 3.63) is 46.5 Å². The summed E-state index contributed by atoms with van der Waals surface area (Å²) in [6, 6.07) is 1.16. The molecule has 35 heavy (non-hydrogen) atoms. The van der Waals surface area contributed by atoms with Crippen LogP contribution in [0.25, 0.3) is 0 Å². The number of halogens is 1. The molecule has 0 aromatic heterocycles. The average Bonchev–Trinajstić information content (AvgIpc) is 3.30. The lowest BCUT2D eigenvalue weighted by Crippen LogP contribution is -2.35. The zero-order valence-electron chi connectivity index (χ0n) is 19.4. The number of cyclic esters (lactones) is 1. The number of nitrogens with zero attached hydrogens (tertiary/aromatic N) is 1. The second-order valence-electron chi connectivity index (χ2n) is 9.00. The van der Waals surface area contributed by atoms with Gasteiger partial charge in [0.1, 0.15) is 29.3 Å². The van der Waals surface area contributed by atoms with E-state index < -0.39 is 17.8 Å². The Labute approximate surface area is 208 Å². The van der Waals surface area contributed by atoms with Crippen molar-refractivity contribution in [1.29, 1.82) is 0 Å². The van der Waals surface area contributed by atoms with Crippen molar-refractivity contribution in [2.24, 2.45) is 5.16 Å². The maximum absolute atomic E-state index is 12.9. The minimum Gasteiger partial charge on any atom is -0.507 e. The number of esters is 1. The molecule has 0 bridgehead atoms. The van der Waals surface area contributed by atoms with E-state index in [1.807, 2.05) is 6.08 Å². The van der Waals surface area contributed by atoms with E-state index in [4.69, 9.17) is 25.9 Å². The molecule has 1 aromatic carbocycles. The third kappa shape index (κ3) is 6.55. The molecule has 2 fully saturated rings. The Morgan fingerprint density at radius 2 is 2.03 bits per heavy atom. The Kier molecular flexibility index (Phi) is 7.97. The summed E-state index contributed by atoms with van der Waals surface area (Å²) in [5.41, 5.74) is 0.272. The molecular formula is C25H29ClN2O7. The van der Waals surface area contributed by atoms with E-state index in [2.05, 4.69) is 10.5 Å². The number of fused-ring (bicyclic) bond motifs is 2. The molecule has 4 rings (SSSR count). The zero-order valence-corrected chi connectivity index (χ0v) is 20.2. The minimum atomic E-state index is -0.781. The Hall–Kier alpha value is -3.04. The quantitative estimate of drug-likeness (QED) is 0.324. The van der Waals surface area contributed by atoms with E-state index >= 15 is 0 Å². The van der Waals surface area contributed by atoms with Gasteiger partial charge >= 0.3 is 5.97 Å². The van der Waals surface area contributed by atoms with Gasteiger partial charge in [0.25, 0.3) is 5.91 Å². The lowest BCUT2D eigenvalue weighted by Gasteiger charge is -2.17. The number of nitrogens with one attached hydrogen (secondary N) is 1. The van der Waals surface area contributed by atoms with Gasteiger partial charge in [-0.15, -0.1) is 0 Å². The number of aromatic hydroxyl groups is 2. The number of ether oxygens (including phenoxy) is 2. The lowest BCUT2D eigenvalue weighted by molar-refractivity contribution is -0.126. The highest BCUT2D eigenvalue weighted by Gasteiger charge is 2.38. The van der Waals surface area contributed by atoms with Crippen LogP contribution in [-0.2, 0) is 25.5 Å². The Morgan fingerprint density at radius 3 is 2.80 bits per heavy atom. The first kappa shape index (κ1) is 25.1. The summed E-state index contributed by atoms with van der Waals surface area (Å²) in [6.07, 6.45) is 10.9. The number of hydrogen-bond acceptors (Lipinski definition) is 8. The highest BCUT2D eigenvalue weighted by molar-refractivity contribution is 6.33. The summed E-state index contributed by atoms with van der Waals surface area (Å²) in [5, 5.41) is 27.5. The predicted molar refractivity (Wildman–Crippen MR) is 129 cm³/mol. The molecule has 3 N–H and O–H groups in total. The fraction of sp³-hybridized carbons (Fsp3) is 0.480. The molecule has 188 valence electrons. The van der Waals surface area contributed by atoms with Crippen molar-refractivity contribution in [1.82, 2.24) is 5.32 Å². The van der Waals surface area contributed by atoms with Crippen LogP contribution in [0.1, 0.15) is 54.9 Å². The number of phenolic OH excluding ortho intramolecular Hbond substituents is 2. The first-order valence-electron chi connectivity index (χ1n) is 11.7. The number of benzene rings is 1. The number of allylic oxidation sites excluding steroid dienone is 3. The minimum absolute atomic E-state index is 0.0725. The molecule has 0 spiro atoms. The van der Waals surface area contributed by atoms with E-state index in [1.54, 1.807) is 25.2 Å². The SMILES string of the molecule is C[C@@H]1C[C@H]2O[C@@H]2/C=C/C=C/C(=N\OCC(=O)NC2CCCC2)Cc2c(Cl)c(O)cc(O)c2C(=O)O1. The van der Waals surface area contributed by atoms with Crippen LogP contribution in [0.15, 0.2) is 35.5 Å². The molecule has 9 nitrogen and oxygen atoms in total. The zero-order chi connectivity index (χ0) is 24.9. The van der Waals surface area contributed by atoms with E-state index in [-0.39, 0.29) is 59.1 Å². The third-order valence-electron chi connectivity index (χ3n) is 6.18. The van der Waals surface area contributed by atoms with Gasteiger partial charge in [0.15, 0.2) is 6.61 Å². The van der Waals surface area contributed by atoms with Gasteiger partial charge in [-0.05, 0) is 31.4 Å². The van der Waals surface area contributed by atoms with Crippen molar-refractivity contribution in [2.45, 2.75) is 69.8 Å². The van der Waals surface area contributed by atoms with Gasteiger partial charge in [-0.2, -0.15) is 0 Å². The largest absolute Gasteiger partial charge is 0.507 e. The van der Waals surface area contributed by atoms with Crippen LogP contribution in [0.3, 0.4) is 0 Å². The molecule has 1 aliphatic carbocycles. The fourth-order valence-corrected chi connectivity index (χ4v) is 4.58.